The number of aromatic nitrogens is 2. The molecule has 1 aliphatic rings. The van der Waals surface area contributed by atoms with E-state index in [1.54, 1.807) is 12.1 Å². The molecule has 7 heteroatoms. The Bertz CT molecular complexity index is 1160. The van der Waals surface area contributed by atoms with Crippen molar-refractivity contribution in [3.05, 3.63) is 75.9 Å². The van der Waals surface area contributed by atoms with E-state index in [1.165, 1.54) is 23.4 Å². The molecule has 0 radical (unpaired) electrons. The highest BCUT2D eigenvalue weighted by Gasteiger charge is 2.41. The molecule has 0 atom stereocenters. The van der Waals surface area contributed by atoms with E-state index in [0.29, 0.717) is 12.5 Å². The number of carbonyl (C=O) groups excluding carboxylic acids is 1. The van der Waals surface area contributed by atoms with E-state index in [2.05, 4.69) is 31.4 Å². The smallest absolute Gasteiger partial charge is 0.237 e. The molecule has 35 heavy (non-hydrogen) atoms. The average Bonchev–Trinajstić information content (AvgIpc) is 3.22. The van der Waals surface area contributed by atoms with Gasteiger partial charge in [0.1, 0.15) is 11.6 Å². The number of halogens is 2. The van der Waals surface area contributed by atoms with Crippen molar-refractivity contribution in [2.24, 2.45) is 5.73 Å². The summed E-state index contributed by atoms with van der Waals surface area (Å²) in [6.07, 6.45) is 0.919. The van der Waals surface area contributed by atoms with Crippen molar-refractivity contribution in [3.8, 4) is 11.3 Å². The highest BCUT2D eigenvalue weighted by Crippen LogP contribution is 2.39. The van der Waals surface area contributed by atoms with Gasteiger partial charge in [-0.15, -0.1) is 0 Å². The lowest BCUT2D eigenvalue weighted by atomic mass is 9.98. The number of benzene rings is 2. The first-order chi connectivity index (χ1) is 16.5. The van der Waals surface area contributed by atoms with Crippen molar-refractivity contribution in [1.29, 1.82) is 0 Å². The van der Waals surface area contributed by atoms with E-state index < -0.39 is 5.54 Å². The average molecular weight is 499 g/mol. The van der Waals surface area contributed by atoms with E-state index in [0.717, 1.165) is 40.6 Å². The standard InChI is InChI=1S/C21H29ClN4O.C7H7F/c1-6-14-9-15(11-16(22)10-14)18-19(13(2)3)25-7-8-26(17(27)12-23)21(4,5)20(25)24-18;1-6-2-4-7(8)5-3-6/h9-11,13H,6-8,12,23H2,1-5H3;2-5H,1H3. The van der Waals surface area contributed by atoms with Crippen LogP contribution in [0.5, 0.6) is 0 Å². The molecule has 2 aromatic carbocycles. The minimum atomic E-state index is -0.511. The van der Waals surface area contributed by atoms with Crippen LogP contribution in [0.25, 0.3) is 11.3 Å². The Morgan fingerprint density at radius 2 is 1.83 bits per heavy atom. The van der Waals surface area contributed by atoms with Crippen LogP contribution in [0.1, 0.15) is 63.2 Å². The van der Waals surface area contributed by atoms with Crippen LogP contribution in [0, 0.1) is 12.7 Å². The van der Waals surface area contributed by atoms with Gasteiger partial charge in [-0.3, -0.25) is 4.79 Å². The highest BCUT2D eigenvalue weighted by molar-refractivity contribution is 6.31. The molecule has 3 aromatic rings. The molecule has 188 valence electrons. The van der Waals surface area contributed by atoms with Gasteiger partial charge in [0, 0.05) is 29.4 Å². The van der Waals surface area contributed by atoms with Crippen molar-refractivity contribution in [2.75, 3.05) is 13.1 Å². The number of rotatable bonds is 4. The molecule has 0 aliphatic carbocycles. The first-order valence-electron chi connectivity index (χ1n) is 12.1. The van der Waals surface area contributed by atoms with E-state index in [4.69, 9.17) is 22.3 Å². The maximum Gasteiger partial charge on any atom is 0.237 e. The first-order valence-corrected chi connectivity index (χ1v) is 12.5. The van der Waals surface area contributed by atoms with Crippen molar-refractivity contribution >= 4 is 17.5 Å². The van der Waals surface area contributed by atoms with Crippen molar-refractivity contribution in [1.82, 2.24) is 14.5 Å². The molecule has 0 saturated carbocycles. The lowest BCUT2D eigenvalue weighted by molar-refractivity contribution is -0.137. The van der Waals surface area contributed by atoms with Gasteiger partial charge in [0.05, 0.1) is 17.8 Å². The molecule has 0 bridgehead atoms. The third kappa shape index (κ3) is 5.76. The monoisotopic (exact) mass is 498 g/mol. The molecule has 0 spiro atoms. The Hall–Kier alpha value is -2.70. The summed E-state index contributed by atoms with van der Waals surface area (Å²) in [5.41, 5.74) is 10.6. The summed E-state index contributed by atoms with van der Waals surface area (Å²) in [5.74, 6) is 0.999. The Morgan fingerprint density at radius 3 is 2.37 bits per heavy atom. The summed E-state index contributed by atoms with van der Waals surface area (Å²) in [5, 5.41) is 0.726. The van der Waals surface area contributed by atoms with Gasteiger partial charge in [0.2, 0.25) is 5.91 Å². The van der Waals surface area contributed by atoms with Gasteiger partial charge in [-0.1, -0.05) is 50.1 Å². The van der Waals surface area contributed by atoms with E-state index >= 15 is 0 Å². The van der Waals surface area contributed by atoms with Crippen LogP contribution >= 0.6 is 11.6 Å². The number of carbonyl (C=O) groups is 1. The number of imidazole rings is 1. The zero-order valence-electron chi connectivity index (χ0n) is 21.5. The van der Waals surface area contributed by atoms with Gasteiger partial charge < -0.3 is 15.2 Å². The van der Waals surface area contributed by atoms with Gasteiger partial charge in [0.25, 0.3) is 0 Å². The maximum atomic E-state index is 12.4. The fourth-order valence-electron chi connectivity index (χ4n) is 4.63. The van der Waals surface area contributed by atoms with E-state index in [1.807, 2.05) is 37.8 Å². The van der Waals surface area contributed by atoms with Crippen LogP contribution in [-0.2, 0) is 23.3 Å². The third-order valence-corrected chi connectivity index (χ3v) is 6.67. The molecule has 2 N–H and O–H groups in total. The maximum absolute atomic E-state index is 12.4. The summed E-state index contributed by atoms with van der Waals surface area (Å²) >= 11 is 6.38. The Labute approximate surface area is 213 Å². The molecule has 0 unspecified atom stereocenters. The SMILES string of the molecule is CCc1cc(Cl)cc(-c2nc3n(c2C(C)C)CCN(C(=O)CN)C3(C)C)c1.Cc1ccc(F)cc1. The predicted molar refractivity (Wildman–Crippen MR) is 141 cm³/mol. The van der Waals surface area contributed by atoms with Gasteiger partial charge in [0.15, 0.2) is 0 Å². The lowest BCUT2D eigenvalue weighted by Gasteiger charge is -2.42. The van der Waals surface area contributed by atoms with Crippen LogP contribution in [0.4, 0.5) is 4.39 Å². The summed E-state index contributed by atoms with van der Waals surface area (Å²) in [7, 11) is 0. The number of nitrogens with two attached hydrogens (primary N) is 1. The van der Waals surface area contributed by atoms with Gasteiger partial charge in [-0.05, 0) is 69.0 Å². The molecule has 2 heterocycles. The molecule has 0 fully saturated rings. The second-order valence-electron chi connectivity index (χ2n) is 9.78. The van der Waals surface area contributed by atoms with Crippen LogP contribution in [0.15, 0.2) is 42.5 Å². The third-order valence-electron chi connectivity index (χ3n) is 6.45. The predicted octanol–water partition coefficient (Wildman–Crippen LogP) is 6.06. The molecule has 1 aliphatic heterocycles. The van der Waals surface area contributed by atoms with Gasteiger partial charge >= 0.3 is 0 Å². The Morgan fingerprint density at radius 1 is 1.17 bits per heavy atom. The first kappa shape index (κ1) is 26.9. The number of hydrogen-bond donors (Lipinski definition) is 1. The summed E-state index contributed by atoms with van der Waals surface area (Å²) in [6, 6.07) is 12.6. The zero-order chi connectivity index (χ0) is 25.9. The molecular formula is C28H36ClFN4O. The molecule has 1 aromatic heterocycles. The summed E-state index contributed by atoms with van der Waals surface area (Å²) in [4.78, 5) is 19.3. The Balaban J connectivity index is 0.000000363. The summed E-state index contributed by atoms with van der Waals surface area (Å²) in [6.45, 7) is 13.9. The fraction of sp³-hybridized carbons (Fsp3) is 0.429. The van der Waals surface area contributed by atoms with Crippen LogP contribution in [0.2, 0.25) is 5.02 Å². The second kappa shape index (κ2) is 10.9. The van der Waals surface area contributed by atoms with Crippen LogP contribution in [0.3, 0.4) is 0 Å². The number of amides is 1. The minimum absolute atomic E-state index is 0.0161. The van der Waals surface area contributed by atoms with Crippen LogP contribution in [-0.4, -0.2) is 33.4 Å². The normalized spacial score (nSPS) is 14.4. The molecule has 4 rings (SSSR count). The topological polar surface area (TPSA) is 64.2 Å². The molecular weight excluding hydrogens is 463 g/mol. The second-order valence-corrected chi connectivity index (χ2v) is 10.2. The number of nitrogens with zero attached hydrogens (tertiary/aromatic N) is 3. The summed E-state index contributed by atoms with van der Waals surface area (Å²) < 4.78 is 14.4. The Kier molecular flexibility index (Phi) is 8.39. The van der Waals surface area contributed by atoms with E-state index in [-0.39, 0.29) is 18.3 Å². The van der Waals surface area contributed by atoms with Gasteiger partial charge in [-0.2, -0.15) is 0 Å². The largest absolute Gasteiger partial charge is 0.327 e. The molecule has 5 nitrogen and oxygen atoms in total. The van der Waals surface area contributed by atoms with Crippen molar-refractivity contribution in [3.63, 3.8) is 0 Å². The van der Waals surface area contributed by atoms with E-state index in [9.17, 15) is 9.18 Å². The number of fused-ring (bicyclic) bond motifs is 1. The lowest BCUT2D eigenvalue weighted by Crippen LogP contribution is -2.53. The zero-order valence-corrected chi connectivity index (χ0v) is 22.3. The van der Waals surface area contributed by atoms with Crippen molar-refractivity contribution in [2.45, 2.75) is 66.0 Å². The number of hydrogen-bond acceptors (Lipinski definition) is 3. The van der Waals surface area contributed by atoms with Gasteiger partial charge in [-0.25, -0.2) is 9.37 Å². The number of aryl methyl sites for hydroxylation is 2. The molecule has 0 saturated heterocycles. The highest BCUT2D eigenvalue weighted by atomic mass is 35.5. The molecule has 1 amide bonds. The fourth-order valence-corrected chi connectivity index (χ4v) is 4.89. The van der Waals surface area contributed by atoms with Crippen LogP contribution < -0.4 is 5.73 Å². The minimum Gasteiger partial charge on any atom is -0.327 e. The van der Waals surface area contributed by atoms with Crippen molar-refractivity contribution < 1.29 is 9.18 Å². The quantitative estimate of drug-likeness (QED) is 0.475.